The van der Waals surface area contributed by atoms with Crippen LogP contribution in [0.25, 0.3) is 0 Å². The van der Waals surface area contributed by atoms with E-state index in [4.69, 9.17) is 0 Å². The maximum atomic E-state index is 12.6. The zero-order valence-electron chi connectivity index (χ0n) is 15.7. The minimum atomic E-state index is 0.0675. The molecule has 2 amide bonds. The average molecular weight is 344 g/mol. The first kappa shape index (κ1) is 19.5. The van der Waals surface area contributed by atoms with Crippen molar-refractivity contribution in [3.8, 4) is 0 Å². The zero-order chi connectivity index (χ0) is 18.1. The van der Waals surface area contributed by atoms with Crippen molar-refractivity contribution in [2.75, 3.05) is 13.6 Å². The van der Waals surface area contributed by atoms with Crippen molar-refractivity contribution >= 4 is 11.8 Å². The van der Waals surface area contributed by atoms with Gasteiger partial charge in [0.1, 0.15) is 0 Å². The van der Waals surface area contributed by atoms with Crippen molar-refractivity contribution in [2.45, 2.75) is 58.4 Å². The van der Waals surface area contributed by atoms with E-state index in [1.165, 1.54) is 6.42 Å². The van der Waals surface area contributed by atoms with Gasteiger partial charge >= 0.3 is 0 Å². The number of benzene rings is 1. The lowest BCUT2D eigenvalue weighted by molar-refractivity contribution is -0.137. The SMILES string of the molecule is CCCCCNC(=O)C1CCC(C(=O)N(C)Cc2ccccc2)CC1. The topological polar surface area (TPSA) is 49.4 Å². The summed E-state index contributed by atoms with van der Waals surface area (Å²) < 4.78 is 0. The van der Waals surface area contributed by atoms with Crippen LogP contribution < -0.4 is 5.32 Å². The summed E-state index contributed by atoms with van der Waals surface area (Å²) in [6.07, 6.45) is 6.69. The summed E-state index contributed by atoms with van der Waals surface area (Å²) in [5.41, 5.74) is 1.15. The van der Waals surface area contributed by atoms with E-state index < -0.39 is 0 Å². The van der Waals surface area contributed by atoms with Crippen LogP contribution >= 0.6 is 0 Å². The highest BCUT2D eigenvalue weighted by Gasteiger charge is 2.31. The molecule has 4 nitrogen and oxygen atoms in total. The molecule has 1 N–H and O–H groups in total. The lowest BCUT2D eigenvalue weighted by atomic mass is 9.81. The standard InChI is InChI=1S/C21H32N2O2/c1-3-4-8-15-22-20(24)18-11-13-19(14-12-18)21(25)23(2)16-17-9-6-5-7-10-17/h5-7,9-10,18-19H,3-4,8,11-16H2,1-2H3,(H,22,24). The molecule has 0 heterocycles. The second-order valence-corrected chi connectivity index (χ2v) is 7.23. The highest BCUT2D eigenvalue weighted by Crippen LogP contribution is 2.30. The quantitative estimate of drug-likeness (QED) is 0.730. The van der Waals surface area contributed by atoms with E-state index in [0.717, 1.165) is 50.6 Å². The van der Waals surface area contributed by atoms with Crippen molar-refractivity contribution in [2.24, 2.45) is 11.8 Å². The molecule has 0 radical (unpaired) electrons. The van der Waals surface area contributed by atoms with Gasteiger partial charge in [0.05, 0.1) is 0 Å². The van der Waals surface area contributed by atoms with Crippen molar-refractivity contribution in [1.82, 2.24) is 10.2 Å². The van der Waals surface area contributed by atoms with Gasteiger partial charge in [-0.1, -0.05) is 50.1 Å². The molecule has 0 saturated heterocycles. The Bertz CT molecular complexity index is 536. The highest BCUT2D eigenvalue weighted by molar-refractivity contribution is 5.81. The van der Waals surface area contributed by atoms with Crippen molar-refractivity contribution in [1.29, 1.82) is 0 Å². The Balaban J connectivity index is 1.73. The molecule has 25 heavy (non-hydrogen) atoms. The number of nitrogens with zero attached hydrogens (tertiary/aromatic N) is 1. The Kier molecular flexibility index (Phi) is 7.96. The summed E-state index contributed by atoms with van der Waals surface area (Å²) in [4.78, 5) is 26.7. The van der Waals surface area contributed by atoms with Crippen LogP contribution in [0.4, 0.5) is 0 Å². The van der Waals surface area contributed by atoms with Crippen LogP contribution in [0.1, 0.15) is 57.4 Å². The number of hydrogen-bond donors (Lipinski definition) is 1. The van der Waals surface area contributed by atoms with Gasteiger partial charge in [-0.3, -0.25) is 9.59 Å². The monoisotopic (exact) mass is 344 g/mol. The molecule has 1 aliphatic rings. The minimum absolute atomic E-state index is 0.0675. The molecule has 138 valence electrons. The summed E-state index contributed by atoms with van der Waals surface area (Å²) >= 11 is 0. The third-order valence-electron chi connectivity index (χ3n) is 5.17. The molecule has 1 fully saturated rings. The maximum Gasteiger partial charge on any atom is 0.225 e. The van der Waals surface area contributed by atoms with Crippen molar-refractivity contribution in [3.63, 3.8) is 0 Å². The van der Waals surface area contributed by atoms with E-state index in [1.807, 2.05) is 42.3 Å². The van der Waals surface area contributed by atoms with Crippen LogP contribution in [0.2, 0.25) is 0 Å². The first-order valence-corrected chi connectivity index (χ1v) is 9.68. The fourth-order valence-electron chi connectivity index (χ4n) is 3.58. The molecule has 0 aliphatic heterocycles. The molecule has 1 aromatic carbocycles. The normalized spacial score (nSPS) is 20.1. The molecule has 1 aliphatic carbocycles. The van der Waals surface area contributed by atoms with Crippen molar-refractivity contribution < 1.29 is 9.59 Å². The number of unbranched alkanes of at least 4 members (excludes halogenated alkanes) is 2. The third-order valence-corrected chi connectivity index (χ3v) is 5.17. The zero-order valence-corrected chi connectivity index (χ0v) is 15.7. The fraction of sp³-hybridized carbons (Fsp3) is 0.619. The summed E-state index contributed by atoms with van der Waals surface area (Å²) in [6.45, 7) is 3.60. The fourth-order valence-corrected chi connectivity index (χ4v) is 3.58. The Morgan fingerprint density at radius 3 is 2.32 bits per heavy atom. The van der Waals surface area contributed by atoms with Gasteiger partial charge in [0, 0.05) is 32.0 Å². The predicted molar refractivity (Wildman–Crippen MR) is 101 cm³/mol. The Morgan fingerprint density at radius 2 is 1.68 bits per heavy atom. The number of hydrogen-bond acceptors (Lipinski definition) is 2. The predicted octanol–water partition coefficient (Wildman–Crippen LogP) is 3.76. The maximum absolute atomic E-state index is 12.6. The molecule has 0 spiro atoms. The van der Waals surface area contributed by atoms with Crippen LogP contribution in [0.15, 0.2) is 30.3 Å². The number of carbonyl (C=O) groups excluding carboxylic acids is 2. The molecule has 4 heteroatoms. The van der Waals surface area contributed by atoms with Crippen LogP contribution in [0.3, 0.4) is 0 Å². The number of nitrogens with one attached hydrogen (secondary N) is 1. The third kappa shape index (κ3) is 6.18. The molecule has 2 rings (SSSR count). The highest BCUT2D eigenvalue weighted by atomic mass is 16.2. The van der Waals surface area contributed by atoms with Gasteiger partial charge < -0.3 is 10.2 Å². The molecule has 1 saturated carbocycles. The van der Waals surface area contributed by atoms with Crippen LogP contribution in [-0.2, 0) is 16.1 Å². The van der Waals surface area contributed by atoms with E-state index in [2.05, 4.69) is 12.2 Å². The average Bonchev–Trinajstić information content (AvgIpc) is 2.65. The van der Waals surface area contributed by atoms with E-state index in [9.17, 15) is 9.59 Å². The summed E-state index contributed by atoms with van der Waals surface area (Å²) in [5, 5.41) is 3.05. The first-order valence-electron chi connectivity index (χ1n) is 9.68. The lowest BCUT2D eigenvalue weighted by Crippen LogP contribution is -2.38. The molecular formula is C21H32N2O2. The first-order chi connectivity index (χ1) is 12.1. The Labute approximate surface area is 152 Å². The van der Waals surface area contributed by atoms with E-state index in [-0.39, 0.29) is 23.7 Å². The largest absolute Gasteiger partial charge is 0.356 e. The van der Waals surface area contributed by atoms with Gasteiger partial charge in [0.25, 0.3) is 0 Å². The van der Waals surface area contributed by atoms with Gasteiger partial charge in [-0.25, -0.2) is 0 Å². The van der Waals surface area contributed by atoms with Gasteiger partial charge in [0.15, 0.2) is 0 Å². The molecule has 0 unspecified atom stereocenters. The Hall–Kier alpha value is -1.84. The van der Waals surface area contributed by atoms with E-state index >= 15 is 0 Å². The molecule has 1 aromatic rings. The smallest absolute Gasteiger partial charge is 0.225 e. The lowest BCUT2D eigenvalue weighted by Gasteiger charge is -2.30. The molecule has 0 bridgehead atoms. The molecule has 0 atom stereocenters. The number of amides is 2. The summed E-state index contributed by atoms with van der Waals surface area (Å²) in [7, 11) is 1.88. The van der Waals surface area contributed by atoms with Crippen LogP contribution in [-0.4, -0.2) is 30.3 Å². The summed E-state index contributed by atoms with van der Waals surface area (Å²) in [5.74, 6) is 0.549. The molecular weight excluding hydrogens is 312 g/mol. The van der Waals surface area contributed by atoms with Crippen molar-refractivity contribution in [3.05, 3.63) is 35.9 Å². The van der Waals surface area contributed by atoms with Gasteiger partial charge in [-0.05, 0) is 37.7 Å². The second kappa shape index (κ2) is 10.2. The number of rotatable bonds is 8. The Morgan fingerprint density at radius 1 is 1.04 bits per heavy atom. The molecule has 0 aromatic heterocycles. The van der Waals surface area contributed by atoms with Gasteiger partial charge in [-0.2, -0.15) is 0 Å². The second-order valence-electron chi connectivity index (χ2n) is 7.23. The van der Waals surface area contributed by atoms with Crippen LogP contribution in [0, 0.1) is 11.8 Å². The summed E-state index contributed by atoms with van der Waals surface area (Å²) in [6, 6.07) is 10.1. The number of carbonyl (C=O) groups is 2. The van der Waals surface area contributed by atoms with E-state index in [1.54, 1.807) is 0 Å². The van der Waals surface area contributed by atoms with Crippen LogP contribution in [0.5, 0.6) is 0 Å². The van der Waals surface area contributed by atoms with Gasteiger partial charge in [-0.15, -0.1) is 0 Å². The van der Waals surface area contributed by atoms with E-state index in [0.29, 0.717) is 6.54 Å². The van der Waals surface area contributed by atoms with Gasteiger partial charge in [0.2, 0.25) is 11.8 Å². The minimum Gasteiger partial charge on any atom is -0.356 e.